The van der Waals surface area contributed by atoms with Gasteiger partial charge in [-0.15, -0.1) is 0 Å². The zero-order valence-electron chi connectivity index (χ0n) is 28.6. The SMILES string of the molecule is CC1(C)CCc2c(-c3cc4ccc(C(=O)N5CCN(CC6CCN(c7ccc(C8CCC(=O)NC8=O)nc7)CC6)CC5)cc4[nH]3)n[nH]c2C1. The molecule has 0 saturated carbocycles. The van der Waals surface area contributed by atoms with Crippen molar-refractivity contribution in [2.24, 2.45) is 11.3 Å². The Hall–Kier alpha value is -4.51. The number of piperazine rings is 1. The topological polar surface area (TPSA) is 130 Å². The fourth-order valence-electron chi connectivity index (χ4n) is 8.28. The number of carbonyl (C=O) groups excluding carboxylic acids is 3. The summed E-state index contributed by atoms with van der Waals surface area (Å²) >= 11 is 0. The van der Waals surface area contributed by atoms with Crippen LogP contribution in [0.25, 0.3) is 22.3 Å². The lowest BCUT2D eigenvalue weighted by Crippen LogP contribution is -2.50. The molecule has 1 aromatic carbocycles. The van der Waals surface area contributed by atoms with Crippen molar-refractivity contribution in [1.29, 1.82) is 0 Å². The van der Waals surface area contributed by atoms with E-state index in [0.717, 1.165) is 117 Å². The monoisotopic (exact) mass is 662 g/mol. The molecule has 3 aliphatic heterocycles. The van der Waals surface area contributed by atoms with E-state index in [9.17, 15) is 14.4 Å². The van der Waals surface area contributed by atoms with Gasteiger partial charge in [0.2, 0.25) is 11.8 Å². The van der Waals surface area contributed by atoms with Crippen molar-refractivity contribution in [3.8, 4) is 11.4 Å². The molecule has 3 aromatic heterocycles. The van der Waals surface area contributed by atoms with Crippen LogP contribution in [0.5, 0.6) is 0 Å². The first-order valence-electron chi connectivity index (χ1n) is 17.9. The van der Waals surface area contributed by atoms with Crippen LogP contribution < -0.4 is 10.2 Å². The molecule has 3 fully saturated rings. The fourth-order valence-corrected chi connectivity index (χ4v) is 8.28. The molecular formula is C38H46N8O3. The molecule has 49 heavy (non-hydrogen) atoms. The largest absolute Gasteiger partial charge is 0.370 e. The molecule has 6 heterocycles. The van der Waals surface area contributed by atoms with Gasteiger partial charge in [-0.25, -0.2) is 0 Å². The van der Waals surface area contributed by atoms with Crippen molar-refractivity contribution in [3.63, 3.8) is 0 Å². The Morgan fingerprint density at radius 2 is 1.78 bits per heavy atom. The number of pyridine rings is 1. The van der Waals surface area contributed by atoms with Gasteiger partial charge in [-0.3, -0.25) is 34.7 Å². The molecule has 1 aliphatic carbocycles. The number of hydrogen-bond acceptors (Lipinski definition) is 7. The minimum atomic E-state index is -0.351. The molecule has 3 N–H and O–H groups in total. The Bertz CT molecular complexity index is 1880. The molecule has 11 heteroatoms. The lowest BCUT2D eigenvalue weighted by Gasteiger charge is -2.39. The predicted octanol–water partition coefficient (Wildman–Crippen LogP) is 4.66. The van der Waals surface area contributed by atoms with Crippen LogP contribution in [-0.2, 0) is 22.4 Å². The molecule has 0 spiro atoms. The molecule has 8 rings (SSSR count). The molecule has 256 valence electrons. The highest BCUT2D eigenvalue weighted by atomic mass is 16.2. The number of anilines is 1. The number of nitrogens with zero attached hydrogens (tertiary/aromatic N) is 5. The number of hydrogen-bond donors (Lipinski definition) is 3. The van der Waals surface area contributed by atoms with Crippen molar-refractivity contribution >= 4 is 34.3 Å². The summed E-state index contributed by atoms with van der Waals surface area (Å²) in [5, 5.41) is 11.5. The van der Waals surface area contributed by atoms with Crippen molar-refractivity contribution in [3.05, 3.63) is 65.1 Å². The second kappa shape index (κ2) is 12.7. The number of nitrogens with one attached hydrogen (secondary N) is 3. The molecule has 4 aliphatic rings. The summed E-state index contributed by atoms with van der Waals surface area (Å²) in [5.41, 5.74) is 8.40. The van der Waals surface area contributed by atoms with Gasteiger partial charge in [0.05, 0.1) is 29.2 Å². The molecule has 3 saturated heterocycles. The van der Waals surface area contributed by atoms with Gasteiger partial charge in [0, 0.05) is 80.0 Å². The van der Waals surface area contributed by atoms with Crippen LogP contribution in [0.15, 0.2) is 42.6 Å². The summed E-state index contributed by atoms with van der Waals surface area (Å²) in [5.74, 6) is -0.0738. The summed E-state index contributed by atoms with van der Waals surface area (Å²) in [4.78, 5) is 52.3. The van der Waals surface area contributed by atoms with E-state index in [1.807, 2.05) is 29.3 Å². The second-order valence-corrected chi connectivity index (χ2v) is 15.3. The summed E-state index contributed by atoms with van der Waals surface area (Å²) in [7, 11) is 0. The van der Waals surface area contributed by atoms with Crippen LogP contribution in [0.3, 0.4) is 0 Å². The highest BCUT2D eigenvalue weighted by Gasteiger charge is 2.31. The van der Waals surface area contributed by atoms with E-state index in [-0.39, 0.29) is 23.6 Å². The number of amides is 3. The van der Waals surface area contributed by atoms with E-state index < -0.39 is 0 Å². The van der Waals surface area contributed by atoms with Gasteiger partial charge < -0.3 is 14.8 Å². The summed E-state index contributed by atoms with van der Waals surface area (Å²) in [6.45, 7) is 10.9. The number of rotatable bonds is 6. The van der Waals surface area contributed by atoms with Crippen LogP contribution in [-0.4, -0.2) is 93.5 Å². The van der Waals surface area contributed by atoms with Crippen molar-refractivity contribution in [2.45, 2.75) is 64.7 Å². The number of aromatic nitrogens is 4. The van der Waals surface area contributed by atoms with E-state index in [1.165, 1.54) is 11.3 Å². The predicted molar refractivity (Wildman–Crippen MR) is 188 cm³/mol. The van der Waals surface area contributed by atoms with Gasteiger partial charge in [0.25, 0.3) is 5.91 Å². The number of aromatic amines is 2. The highest BCUT2D eigenvalue weighted by Crippen LogP contribution is 2.38. The Labute approximate surface area is 286 Å². The van der Waals surface area contributed by atoms with Crippen molar-refractivity contribution < 1.29 is 14.4 Å². The Morgan fingerprint density at radius 3 is 2.53 bits per heavy atom. The summed E-state index contributed by atoms with van der Waals surface area (Å²) in [6, 6.07) is 12.2. The van der Waals surface area contributed by atoms with E-state index in [2.05, 4.69) is 67.3 Å². The first kappa shape index (κ1) is 31.7. The molecule has 11 nitrogen and oxygen atoms in total. The van der Waals surface area contributed by atoms with Gasteiger partial charge in [0.15, 0.2) is 0 Å². The molecule has 0 bridgehead atoms. The summed E-state index contributed by atoms with van der Waals surface area (Å²) < 4.78 is 0. The molecule has 3 amide bonds. The van der Waals surface area contributed by atoms with Gasteiger partial charge in [-0.1, -0.05) is 19.9 Å². The molecule has 0 radical (unpaired) electrons. The number of imide groups is 1. The zero-order valence-corrected chi connectivity index (χ0v) is 28.6. The van der Waals surface area contributed by atoms with Crippen molar-refractivity contribution in [2.75, 3.05) is 50.7 Å². The average Bonchev–Trinajstić information content (AvgIpc) is 3.71. The van der Waals surface area contributed by atoms with E-state index in [0.29, 0.717) is 24.2 Å². The minimum Gasteiger partial charge on any atom is -0.370 e. The van der Waals surface area contributed by atoms with E-state index in [1.54, 1.807) is 0 Å². The van der Waals surface area contributed by atoms with Crippen molar-refractivity contribution in [1.82, 2.24) is 35.3 Å². The maximum Gasteiger partial charge on any atom is 0.254 e. The number of H-pyrrole nitrogens is 2. The minimum absolute atomic E-state index is 0.0996. The van der Waals surface area contributed by atoms with Crippen LogP contribution in [0.4, 0.5) is 5.69 Å². The third-order valence-electron chi connectivity index (χ3n) is 11.3. The number of carbonyl (C=O) groups is 3. The second-order valence-electron chi connectivity index (χ2n) is 15.3. The van der Waals surface area contributed by atoms with Crippen LogP contribution in [0.1, 0.15) is 79.2 Å². The first-order valence-corrected chi connectivity index (χ1v) is 17.9. The highest BCUT2D eigenvalue weighted by molar-refractivity contribution is 6.01. The van der Waals surface area contributed by atoms with E-state index in [4.69, 9.17) is 0 Å². The quantitative estimate of drug-likeness (QED) is 0.256. The third-order valence-corrected chi connectivity index (χ3v) is 11.3. The molecule has 1 atom stereocenters. The standard InChI is InChI=1S/C38H46N8O3/c1-38(2)12-9-28-33(21-38)42-43-35(28)32-19-25-3-4-26(20-31(25)40-32)37(49)46-17-15-44(16-18-46)23-24-10-13-45(14-11-24)27-5-7-30(39-22-27)29-6-8-34(47)41-36(29)48/h3-5,7,19-20,22,24,29,40H,6,8-18,21,23H2,1-2H3,(H,42,43)(H,41,47,48). The van der Waals surface area contributed by atoms with Gasteiger partial charge in [0.1, 0.15) is 5.69 Å². The van der Waals surface area contributed by atoms with E-state index >= 15 is 0 Å². The molecule has 1 unspecified atom stereocenters. The Kier molecular flexibility index (Phi) is 8.26. The average molecular weight is 663 g/mol. The lowest BCUT2D eigenvalue weighted by molar-refractivity contribution is -0.134. The Balaban J connectivity index is 0.820. The van der Waals surface area contributed by atoms with Gasteiger partial charge >= 0.3 is 0 Å². The van der Waals surface area contributed by atoms with Crippen LogP contribution >= 0.6 is 0 Å². The third kappa shape index (κ3) is 6.48. The Morgan fingerprint density at radius 1 is 0.959 bits per heavy atom. The molecular weight excluding hydrogens is 616 g/mol. The maximum atomic E-state index is 13.6. The van der Waals surface area contributed by atoms with Gasteiger partial charge in [-0.05, 0) is 80.2 Å². The number of piperidine rings is 2. The van der Waals surface area contributed by atoms with Crippen LogP contribution in [0, 0.1) is 11.3 Å². The zero-order chi connectivity index (χ0) is 33.7. The smallest absolute Gasteiger partial charge is 0.254 e. The van der Waals surface area contributed by atoms with Crippen LogP contribution in [0.2, 0.25) is 0 Å². The lowest BCUT2D eigenvalue weighted by atomic mass is 9.76. The first-order chi connectivity index (χ1) is 23.7. The fraction of sp³-hybridized carbons (Fsp3) is 0.500. The van der Waals surface area contributed by atoms with Gasteiger partial charge in [-0.2, -0.15) is 5.10 Å². The normalized spacial score (nSPS) is 22.0. The molecule has 4 aromatic rings. The maximum absolute atomic E-state index is 13.6. The summed E-state index contributed by atoms with van der Waals surface area (Å²) in [6.07, 6.45) is 8.18. The number of benzene rings is 1. The number of fused-ring (bicyclic) bond motifs is 2.